The lowest BCUT2D eigenvalue weighted by molar-refractivity contribution is -0.138. The molecule has 21 heavy (non-hydrogen) atoms. The molecule has 112 valence electrons. The van der Waals surface area contributed by atoms with Crippen molar-refractivity contribution in [1.29, 1.82) is 0 Å². The number of nitrogens with one attached hydrogen (secondary N) is 1. The van der Waals surface area contributed by atoms with Crippen LogP contribution in [0.2, 0.25) is 0 Å². The molecule has 1 aliphatic rings. The van der Waals surface area contributed by atoms with E-state index in [0.29, 0.717) is 31.1 Å². The second-order valence-corrected chi connectivity index (χ2v) is 5.77. The average Bonchev–Trinajstić information content (AvgIpc) is 2.84. The lowest BCUT2D eigenvalue weighted by Gasteiger charge is -2.29. The van der Waals surface area contributed by atoms with E-state index in [-0.39, 0.29) is 11.9 Å². The summed E-state index contributed by atoms with van der Waals surface area (Å²) in [6.07, 6.45) is 0. The van der Waals surface area contributed by atoms with Crippen molar-refractivity contribution < 1.29 is 9.53 Å². The van der Waals surface area contributed by atoms with Gasteiger partial charge in [-0.1, -0.05) is 12.1 Å². The Balaban J connectivity index is 1.99. The normalized spacial score (nSPS) is 17.1. The molecule has 0 aliphatic carbocycles. The Morgan fingerprint density at radius 1 is 1.38 bits per heavy atom. The number of carbonyl (C=O) groups is 1. The number of amides is 1. The Morgan fingerprint density at radius 2 is 2.10 bits per heavy atom. The second kappa shape index (κ2) is 5.61. The van der Waals surface area contributed by atoms with Crippen LogP contribution in [-0.2, 0) is 9.53 Å². The van der Waals surface area contributed by atoms with Gasteiger partial charge < -0.3 is 19.2 Å². The molecule has 0 spiro atoms. The van der Waals surface area contributed by atoms with Crippen LogP contribution >= 0.6 is 12.2 Å². The van der Waals surface area contributed by atoms with Crippen molar-refractivity contribution in [3.05, 3.63) is 28.5 Å². The van der Waals surface area contributed by atoms with E-state index in [9.17, 15) is 4.79 Å². The SMILES string of the molecule is Cc1cccc2c1[nH]c(=S)n2C(C)C(=O)N1CCOCC1. The van der Waals surface area contributed by atoms with Crippen LogP contribution in [0.25, 0.3) is 11.0 Å². The summed E-state index contributed by atoms with van der Waals surface area (Å²) in [7, 11) is 0. The highest BCUT2D eigenvalue weighted by Gasteiger charge is 2.25. The van der Waals surface area contributed by atoms with Crippen molar-refractivity contribution in [3.8, 4) is 0 Å². The maximum Gasteiger partial charge on any atom is 0.245 e. The quantitative estimate of drug-likeness (QED) is 0.867. The van der Waals surface area contributed by atoms with E-state index >= 15 is 0 Å². The average molecular weight is 305 g/mol. The number of aryl methyl sites for hydroxylation is 1. The van der Waals surface area contributed by atoms with Crippen molar-refractivity contribution in [2.45, 2.75) is 19.9 Å². The Kier molecular flexibility index (Phi) is 3.82. The third-order valence-electron chi connectivity index (χ3n) is 4.03. The van der Waals surface area contributed by atoms with E-state index in [1.54, 1.807) is 0 Å². The van der Waals surface area contributed by atoms with Crippen molar-refractivity contribution in [2.75, 3.05) is 26.3 Å². The predicted octanol–water partition coefficient (Wildman–Crippen LogP) is 2.43. The number of benzene rings is 1. The van der Waals surface area contributed by atoms with Crippen LogP contribution in [0.5, 0.6) is 0 Å². The minimum atomic E-state index is -0.314. The Hall–Kier alpha value is -1.66. The zero-order valence-corrected chi connectivity index (χ0v) is 13.1. The molecule has 1 fully saturated rings. The first-order valence-electron chi connectivity index (χ1n) is 7.16. The van der Waals surface area contributed by atoms with E-state index in [2.05, 4.69) is 4.98 Å². The number of para-hydroxylation sites is 1. The van der Waals surface area contributed by atoms with Crippen LogP contribution in [0, 0.1) is 11.7 Å². The number of carbonyl (C=O) groups excluding carboxylic acids is 1. The van der Waals surface area contributed by atoms with Gasteiger partial charge >= 0.3 is 0 Å². The third-order valence-corrected chi connectivity index (χ3v) is 4.33. The minimum Gasteiger partial charge on any atom is -0.378 e. The van der Waals surface area contributed by atoms with Crippen LogP contribution in [-0.4, -0.2) is 46.7 Å². The Bertz CT molecular complexity index is 728. The van der Waals surface area contributed by atoms with Crippen LogP contribution in [0.1, 0.15) is 18.5 Å². The molecule has 1 aromatic heterocycles. The molecule has 1 amide bonds. The highest BCUT2D eigenvalue weighted by molar-refractivity contribution is 7.71. The van der Waals surface area contributed by atoms with Gasteiger partial charge in [0.15, 0.2) is 4.77 Å². The molecule has 6 heteroatoms. The summed E-state index contributed by atoms with van der Waals surface area (Å²) >= 11 is 5.42. The maximum absolute atomic E-state index is 12.7. The molecule has 0 bridgehead atoms. The van der Waals surface area contributed by atoms with Gasteiger partial charge in [0.2, 0.25) is 5.91 Å². The van der Waals surface area contributed by atoms with Gasteiger partial charge in [-0.2, -0.15) is 0 Å². The summed E-state index contributed by atoms with van der Waals surface area (Å²) in [5.41, 5.74) is 3.11. The molecule has 1 atom stereocenters. The number of morpholine rings is 1. The number of nitrogens with zero attached hydrogens (tertiary/aromatic N) is 2. The third kappa shape index (κ3) is 2.49. The van der Waals surface area contributed by atoms with E-state index in [0.717, 1.165) is 16.6 Å². The highest BCUT2D eigenvalue weighted by atomic mass is 32.1. The summed E-state index contributed by atoms with van der Waals surface area (Å²) in [5, 5.41) is 0. The molecule has 5 nitrogen and oxygen atoms in total. The van der Waals surface area contributed by atoms with Gasteiger partial charge in [0.05, 0.1) is 24.2 Å². The van der Waals surface area contributed by atoms with E-state index < -0.39 is 0 Å². The van der Waals surface area contributed by atoms with Crippen molar-refractivity contribution in [2.24, 2.45) is 0 Å². The number of aromatic amines is 1. The van der Waals surface area contributed by atoms with Crippen LogP contribution in [0.4, 0.5) is 0 Å². The Morgan fingerprint density at radius 3 is 2.81 bits per heavy atom. The minimum absolute atomic E-state index is 0.0943. The van der Waals surface area contributed by atoms with Gasteiger partial charge in [-0.15, -0.1) is 0 Å². The summed E-state index contributed by atoms with van der Waals surface area (Å²) in [5.74, 6) is 0.0943. The summed E-state index contributed by atoms with van der Waals surface area (Å²) < 4.78 is 7.81. The first kappa shape index (κ1) is 14.3. The van der Waals surface area contributed by atoms with Gasteiger partial charge in [-0.05, 0) is 37.7 Å². The first-order valence-corrected chi connectivity index (χ1v) is 7.57. The topological polar surface area (TPSA) is 50.3 Å². The van der Waals surface area contributed by atoms with E-state index in [1.165, 1.54) is 0 Å². The van der Waals surface area contributed by atoms with Gasteiger partial charge in [-0.25, -0.2) is 0 Å². The molecule has 1 aliphatic heterocycles. The summed E-state index contributed by atoms with van der Waals surface area (Å²) in [6, 6.07) is 5.71. The lowest BCUT2D eigenvalue weighted by atomic mass is 10.2. The Labute approximate surface area is 128 Å². The van der Waals surface area contributed by atoms with Crippen LogP contribution < -0.4 is 0 Å². The van der Waals surface area contributed by atoms with Gasteiger partial charge in [0.1, 0.15) is 6.04 Å². The molecule has 1 N–H and O–H groups in total. The highest BCUT2D eigenvalue weighted by Crippen LogP contribution is 2.23. The number of rotatable bonds is 2. The summed E-state index contributed by atoms with van der Waals surface area (Å²) in [6.45, 7) is 6.46. The van der Waals surface area contributed by atoms with Crippen LogP contribution in [0.15, 0.2) is 18.2 Å². The maximum atomic E-state index is 12.7. The van der Waals surface area contributed by atoms with Gasteiger partial charge in [0.25, 0.3) is 0 Å². The molecule has 3 rings (SSSR count). The fourth-order valence-electron chi connectivity index (χ4n) is 2.84. The van der Waals surface area contributed by atoms with Crippen molar-refractivity contribution >= 4 is 29.2 Å². The zero-order chi connectivity index (χ0) is 15.0. The molecule has 0 radical (unpaired) electrons. The largest absolute Gasteiger partial charge is 0.378 e. The fourth-order valence-corrected chi connectivity index (χ4v) is 3.19. The monoisotopic (exact) mass is 305 g/mol. The second-order valence-electron chi connectivity index (χ2n) is 5.38. The molecular weight excluding hydrogens is 286 g/mol. The number of hydrogen-bond donors (Lipinski definition) is 1. The van der Waals surface area contributed by atoms with E-state index in [1.807, 2.05) is 41.5 Å². The molecule has 1 unspecified atom stereocenters. The van der Waals surface area contributed by atoms with Gasteiger partial charge in [0, 0.05) is 13.1 Å². The van der Waals surface area contributed by atoms with E-state index in [4.69, 9.17) is 17.0 Å². The smallest absolute Gasteiger partial charge is 0.245 e. The molecular formula is C15H19N3O2S. The number of fused-ring (bicyclic) bond motifs is 1. The molecule has 0 saturated carbocycles. The number of hydrogen-bond acceptors (Lipinski definition) is 3. The molecule has 2 heterocycles. The number of H-pyrrole nitrogens is 1. The van der Waals surface area contributed by atoms with Crippen LogP contribution in [0.3, 0.4) is 0 Å². The molecule has 1 saturated heterocycles. The number of aromatic nitrogens is 2. The standard InChI is InChI=1S/C15H19N3O2S/c1-10-4-3-5-12-13(10)16-15(21)18(12)11(2)14(19)17-6-8-20-9-7-17/h3-5,11H,6-9H2,1-2H3,(H,16,21). The van der Waals surface area contributed by atoms with Gasteiger partial charge in [-0.3, -0.25) is 4.79 Å². The van der Waals surface area contributed by atoms with Crippen molar-refractivity contribution in [1.82, 2.24) is 14.5 Å². The molecule has 1 aromatic carbocycles. The number of ether oxygens (including phenoxy) is 1. The first-order chi connectivity index (χ1) is 10.1. The zero-order valence-electron chi connectivity index (χ0n) is 12.3. The summed E-state index contributed by atoms with van der Waals surface area (Å²) in [4.78, 5) is 17.7. The fraction of sp³-hybridized carbons (Fsp3) is 0.467. The lowest BCUT2D eigenvalue weighted by Crippen LogP contribution is -2.43. The number of imidazole rings is 1. The molecule has 2 aromatic rings. The van der Waals surface area contributed by atoms with Crippen molar-refractivity contribution in [3.63, 3.8) is 0 Å². The predicted molar refractivity (Wildman–Crippen MR) is 84.0 cm³/mol.